The first-order chi connectivity index (χ1) is 8.84. The number of hydrogen-bond acceptors (Lipinski definition) is 1. The summed E-state index contributed by atoms with van der Waals surface area (Å²) in [4.78, 5) is 4.68. The van der Waals surface area contributed by atoms with Crippen LogP contribution in [0.2, 0.25) is 0 Å². The van der Waals surface area contributed by atoms with Crippen LogP contribution in [0.4, 0.5) is 5.69 Å². The normalized spacial score (nSPS) is 11.1. The second-order valence-electron chi connectivity index (χ2n) is 6.16. The third-order valence-corrected chi connectivity index (χ3v) is 3.55. The van der Waals surface area contributed by atoms with E-state index >= 15 is 0 Å². The molecule has 104 valence electrons. The lowest BCUT2D eigenvalue weighted by molar-refractivity contribution is 0.779. The van der Waals surface area contributed by atoms with E-state index < -0.39 is 0 Å². The number of allylic oxidation sites excluding steroid dienone is 1. The Morgan fingerprint density at radius 3 is 1.79 bits per heavy atom. The van der Waals surface area contributed by atoms with Gasteiger partial charge in [-0.25, -0.2) is 4.99 Å². The maximum Gasteiger partial charge on any atom is 0.0798 e. The van der Waals surface area contributed by atoms with E-state index in [0.717, 1.165) is 5.69 Å². The summed E-state index contributed by atoms with van der Waals surface area (Å²) < 4.78 is 0. The molecule has 0 bridgehead atoms. The highest BCUT2D eigenvalue weighted by molar-refractivity contribution is 5.67. The summed E-state index contributed by atoms with van der Waals surface area (Å²) in [6.07, 6.45) is 0. The largest absolute Gasteiger partial charge is 0.206 e. The van der Waals surface area contributed by atoms with Gasteiger partial charge in [-0.05, 0) is 47.2 Å². The second kappa shape index (κ2) is 6.73. The molecular formula is C18H27N. The Bertz CT molecular complexity index is 460. The van der Waals surface area contributed by atoms with Gasteiger partial charge in [0.05, 0.1) is 5.69 Å². The lowest BCUT2D eigenvalue weighted by atomic mass is 9.93. The third-order valence-electron chi connectivity index (χ3n) is 3.55. The molecule has 0 fully saturated rings. The zero-order valence-corrected chi connectivity index (χ0v) is 13.4. The summed E-state index contributed by atoms with van der Waals surface area (Å²) in [6, 6.07) is 6.51. The molecule has 0 atom stereocenters. The second-order valence-corrected chi connectivity index (χ2v) is 6.16. The van der Waals surface area contributed by atoms with E-state index in [4.69, 9.17) is 0 Å². The Morgan fingerprint density at radius 2 is 1.42 bits per heavy atom. The standard InChI is InChI=1S/C18H27N/c1-12(2)15(7)11-19-18-16(13(3)4)9-8-10-17(18)14(5)6/h8-10,12-14H,1-7H3. The molecule has 0 saturated heterocycles. The minimum atomic E-state index is 0.485. The molecule has 0 spiro atoms. The van der Waals surface area contributed by atoms with Gasteiger partial charge in [-0.3, -0.25) is 0 Å². The molecule has 0 aliphatic rings. The molecule has 0 amide bonds. The highest BCUT2D eigenvalue weighted by atomic mass is 14.7. The first-order valence-electron chi connectivity index (χ1n) is 7.27. The van der Waals surface area contributed by atoms with Crippen molar-refractivity contribution in [3.05, 3.63) is 34.9 Å². The van der Waals surface area contributed by atoms with Crippen LogP contribution < -0.4 is 0 Å². The van der Waals surface area contributed by atoms with Crippen LogP contribution in [-0.4, -0.2) is 5.87 Å². The molecule has 0 N–H and O–H groups in total. The van der Waals surface area contributed by atoms with Crippen LogP contribution in [0, 0.1) is 5.92 Å². The van der Waals surface area contributed by atoms with E-state index in [1.807, 2.05) is 0 Å². The fraction of sp³-hybridized carbons (Fsp3) is 0.556. The van der Waals surface area contributed by atoms with Gasteiger partial charge in [-0.2, -0.15) is 0 Å². The van der Waals surface area contributed by atoms with Crippen LogP contribution in [0.15, 0.2) is 28.8 Å². The monoisotopic (exact) mass is 257 g/mol. The van der Waals surface area contributed by atoms with Crippen molar-refractivity contribution in [2.45, 2.75) is 60.3 Å². The minimum Gasteiger partial charge on any atom is -0.206 e. The summed E-state index contributed by atoms with van der Waals surface area (Å²) in [5.74, 6) is 4.70. The smallest absolute Gasteiger partial charge is 0.0798 e. The van der Waals surface area contributed by atoms with Crippen molar-refractivity contribution in [3.63, 3.8) is 0 Å². The summed E-state index contributed by atoms with van der Waals surface area (Å²) >= 11 is 0. The predicted molar refractivity (Wildman–Crippen MR) is 85.7 cm³/mol. The summed E-state index contributed by atoms with van der Waals surface area (Å²) in [5.41, 5.74) is 4.95. The molecule has 1 heteroatoms. The Kier molecular flexibility index (Phi) is 5.57. The highest BCUT2D eigenvalue weighted by Crippen LogP contribution is 2.34. The highest BCUT2D eigenvalue weighted by Gasteiger charge is 2.12. The number of hydrogen-bond donors (Lipinski definition) is 0. The molecule has 0 aliphatic carbocycles. The van der Waals surface area contributed by atoms with Gasteiger partial charge in [0, 0.05) is 0 Å². The van der Waals surface area contributed by atoms with Crippen LogP contribution in [-0.2, 0) is 0 Å². The van der Waals surface area contributed by atoms with Gasteiger partial charge in [0.25, 0.3) is 0 Å². The number of benzene rings is 1. The average molecular weight is 257 g/mol. The lowest BCUT2D eigenvalue weighted by Gasteiger charge is -2.15. The zero-order valence-electron chi connectivity index (χ0n) is 13.4. The zero-order chi connectivity index (χ0) is 14.6. The average Bonchev–Trinajstić information content (AvgIpc) is 2.34. The summed E-state index contributed by atoms with van der Waals surface area (Å²) in [5, 5.41) is 0. The van der Waals surface area contributed by atoms with E-state index in [1.165, 1.54) is 16.7 Å². The van der Waals surface area contributed by atoms with Gasteiger partial charge in [0.15, 0.2) is 0 Å². The fourth-order valence-electron chi connectivity index (χ4n) is 1.91. The molecule has 1 nitrogen and oxygen atoms in total. The molecule has 1 aromatic carbocycles. The summed E-state index contributed by atoms with van der Waals surface area (Å²) in [6.45, 7) is 15.3. The van der Waals surface area contributed by atoms with Crippen molar-refractivity contribution in [1.82, 2.24) is 0 Å². The third kappa shape index (κ3) is 4.08. The van der Waals surface area contributed by atoms with Crippen molar-refractivity contribution in [2.24, 2.45) is 10.9 Å². The van der Waals surface area contributed by atoms with Crippen molar-refractivity contribution >= 4 is 11.6 Å². The van der Waals surface area contributed by atoms with Gasteiger partial charge in [0.1, 0.15) is 0 Å². The minimum absolute atomic E-state index is 0.485. The van der Waals surface area contributed by atoms with E-state index in [9.17, 15) is 0 Å². The molecule has 1 aromatic rings. The van der Waals surface area contributed by atoms with Crippen molar-refractivity contribution in [1.29, 1.82) is 0 Å². The van der Waals surface area contributed by atoms with Crippen LogP contribution in [0.3, 0.4) is 0 Å². The number of rotatable bonds is 4. The number of aliphatic imine (C=N–C) groups is 1. The molecular weight excluding hydrogens is 230 g/mol. The van der Waals surface area contributed by atoms with Gasteiger partial charge < -0.3 is 0 Å². The molecule has 0 unspecified atom stereocenters. The maximum absolute atomic E-state index is 4.68. The van der Waals surface area contributed by atoms with E-state index in [-0.39, 0.29) is 0 Å². The predicted octanol–water partition coefficient (Wildman–Crippen LogP) is 5.84. The Morgan fingerprint density at radius 1 is 0.947 bits per heavy atom. The van der Waals surface area contributed by atoms with Crippen molar-refractivity contribution in [2.75, 3.05) is 0 Å². The molecule has 0 aliphatic heterocycles. The quantitative estimate of drug-likeness (QED) is 0.601. The van der Waals surface area contributed by atoms with Gasteiger partial charge >= 0.3 is 0 Å². The molecule has 0 heterocycles. The van der Waals surface area contributed by atoms with Crippen LogP contribution in [0.25, 0.3) is 0 Å². The molecule has 0 saturated carbocycles. The van der Waals surface area contributed by atoms with Crippen LogP contribution in [0.1, 0.15) is 71.4 Å². The Hall–Kier alpha value is -1.33. The van der Waals surface area contributed by atoms with Gasteiger partial charge in [0.2, 0.25) is 0 Å². The Labute approximate surface area is 118 Å². The van der Waals surface area contributed by atoms with Crippen molar-refractivity contribution in [3.8, 4) is 0 Å². The molecule has 0 aromatic heterocycles. The molecule has 1 rings (SSSR count). The van der Waals surface area contributed by atoms with Gasteiger partial charge in [-0.1, -0.05) is 59.7 Å². The van der Waals surface area contributed by atoms with Gasteiger partial charge in [-0.15, -0.1) is 0 Å². The first kappa shape index (κ1) is 15.7. The fourth-order valence-corrected chi connectivity index (χ4v) is 1.91. The molecule has 19 heavy (non-hydrogen) atoms. The lowest BCUT2D eigenvalue weighted by Crippen LogP contribution is -1.95. The van der Waals surface area contributed by atoms with E-state index in [2.05, 4.69) is 77.5 Å². The molecule has 0 radical (unpaired) electrons. The summed E-state index contributed by atoms with van der Waals surface area (Å²) in [7, 11) is 0. The van der Waals surface area contributed by atoms with Crippen molar-refractivity contribution < 1.29 is 0 Å². The number of para-hydroxylation sites is 1. The van der Waals surface area contributed by atoms with Crippen LogP contribution in [0.5, 0.6) is 0 Å². The van der Waals surface area contributed by atoms with E-state index in [0.29, 0.717) is 17.8 Å². The van der Waals surface area contributed by atoms with E-state index in [1.54, 1.807) is 0 Å². The first-order valence-corrected chi connectivity index (χ1v) is 7.27. The SMILES string of the molecule is CC(=C=Nc1c(C(C)C)cccc1C(C)C)C(C)C. The topological polar surface area (TPSA) is 12.4 Å². The maximum atomic E-state index is 4.68. The van der Waals surface area contributed by atoms with Crippen LogP contribution >= 0.6 is 0 Å². The number of nitrogens with zero attached hydrogens (tertiary/aromatic N) is 1. The Balaban J connectivity index is 3.42.